The van der Waals surface area contributed by atoms with Crippen molar-refractivity contribution in [3.05, 3.63) is 29.8 Å². The van der Waals surface area contributed by atoms with Crippen LogP contribution in [0.2, 0.25) is 0 Å². The quantitative estimate of drug-likeness (QED) is 0.658. The predicted octanol–water partition coefficient (Wildman–Crippen LogP) is 2.02. The zero-order valence-corrected chi connectivity index (χ0v) is 7.63. The first kappa shape index (κ1) is 8.10. The molecule has 1 aromatic rings. The van der Waals surface area contributed by atoms with E-state index in [0.717, 1.165) is 5.56 Å². The van der Waals surface area contributed by atoms with Crippen LogP contribution in [0, 0.1) is 0 Å². The highest BCUT2D eigenvalue weighted by Crippen LogP contribution is 2.32. The Morgan fingerprint density at radius 1 is 1.31 bits per heavy atom. The lowest BCUT2D eigenvalue weighted by Gasteiger charge is -2.32. The van der Waals surface area contributed by atoms with Crippen LogP contribution in [-0.4, -0.2) is 6.09 Å². The topological polar surface area (TPSA) is 38.3 Å². The second kappa shape index (κ2) is 2.49. The molecule has 0 aromatic heterocycles. The Labute approximate surface area is 76.7 Å². The molecule has 68 valence electrons. The van der Waals surface area contributed by atoms with Crippen molar-refractivity contribution in [1.82, 2.24) is 5.32 Å². The molecule has 1 aliphatic heterocycles. The van der Waals surface area contributed by atoms with E-state index in [-0.39, 0.29) is 11.6 Å². The molecule has 3 nitrogen and oxygen atoms in total. The van der Waals surface area contributed by atoms with Crippen LogP contribution in [0.15, 0.2) is 24.3 Å². The normalized spacial score (nSPS) is 18.5. The molecule has 1 aliphatic rings. The second-order valence-electron chi connectivity index (χ2n) is 3.64. The maximum atomic E-state index is 11.1. The fraction of sp³-hybridized carbons (Fsp3) is 0.300. The van der Waals surface area contributed by atoms with Gasteiger partial charge in [-0.15, -0.1) is 0 Å². The average molecular weight is 177 g/mol. The lowest BCUT2D eigenvalue weighted by atomic mass is 9.93. The number of fused-ring (bicyclic) bond motifs is 1. The molecule has 1 heterocycles. The van der Waals surface area contributed by atoms with Crippen molar-refractivity contribution < 1.29 is 9.53 Å². The lowest BCUT2D eigenvalue weighted by molar-refractivity contribution is 0.177. The van der Waals surface area contributed by atoms with Crippen molar-refractivity contribution in [2.24, 2.45) is 0 Å². The Bertz CT molecular complexity index is 358. The van der Waals surface area contributed by atoms with Crippen molar-refractivity contribution in [3.63, 3.8) is 0 Å². The van der Waals surface area contributed by atoms with Crippen molar-refractivity contribution in [1.29, 1.82) is 0 Å². The molecule has 1 N–H and O–H groups in total. The highest BCUT2D eigenvalue weighted by molar-refractivity contribution is 5.74. The van der Waals surface area contributed by atoms with Gasteiger partial charge < -0.3 is 10.1 Å². The van der Waals surface area contributed by atoms with E-state index >= 15 is 0 Å². The van der Waals surface area contributed by atoms with Gasteiger partial charge in [0, 0.05) is 5.56 Å². The smallest absolute Gasteiger partial charge is 0.410 e. The monoisotopic (exact) mass is 177 g/mol. The lowest BCUT2D eigenvalue weighted by Crippen LogP contribution is -2.46. The molecule has 0 saturated heterocycles. The van der Waals surface area contributed by atoms with Crippen LogP contribution in [0.1, 0.15) is 19.4 Å². The largest absolute Gasteiger partial charge is 0.413 e. The van der Waals surface area contributed by atoms with Gasteiger partial charge >= 0.3 is 6.09 Å². The molecule has 3 heteroatoms. The molecule has 1 aromatic carbocycles. The molecular weight excluding hydrogens is 166 g/mol. The third kappa shape index (κ3) is 1.26. The number of hydrogen-bond donors (Lipinski definition) is 1. The number of carbonyl (C=O) groups excluding carboxylic acids is 1. The Balaban J connectivity index is 2.56. The minimum absolute atomic E-state index is 0.341. The van der Waals surface area contributed by atoms with E-state index in [9.17, 15) is 4.79 Å². The van der Waals surface area contributed by atoms with Gasteiger partial charge in [-0.1, -0.05) is 18.2 Å². The van der Waals surface area contributed by atoms with E-state index in [1.54, 1.807) is 6.07 Å². The van der Waals surface area contributed by atoms with E-state index in [2.05, 4.69) is 5.32 Å². The average Bonchev–Trinajstić information content (AvgIpc) is 2.02. The van der Waals surface area contributed by atoms with E-state index < -0.39 is 0 Å². The number of para-hydroxylation sites is 1. The van der Waals surface area contributed by atoms with Crippen LogP contribution >= 0.6 is 0 Å². The standard InChI is InChI=1S/C10H11NO2/c1-10(2)7-5-3-4-6-8(7)13-9(12)11-10/h3-6H,1-2H3,(H,11,12). The first-order chi connectivity index (χ1) is 6.09. The summed E-state index contributed by atoms with van der Waals surface area (Å²) in [4.78, 5) is 11.1. The molecule has 0 saturated carbocycles. The van der Waals surface area contributed by atoms with Crippen LogP contribution in [0.5, 0.6) is 5.75 Å². The highest BCUT2D eigenvalue weighted by Gasteiger charge is 2.31. The van der Waals surface area contributed by atoms with Crippen LogP contribution in [0.3, 0.4) is 0 Å². The minimum atomic E-state index is -0.385. The van der Waals surface area contributed by atoms with Gasteiger partial charge in [-0.2, -0.15) is 0 Å². The molecule has 0 radical (unpaired) electrons. The third-order valence-corrected chi connectivity index (χ3v) is 2.18. The summed E-state index contributed by atoms with van der Waals surface area (Å²) in [5, 5.41) is 2.75. The summed E-state index contributed by atoms with van der Waals surface area (Å²) in [7, 11) is 0. The zero-order chi connectivity index (χ0) is 9.47. The maximum absolute atomic E-state index is 11.1. The minimum Gasteiger partial charge on any atom is -0.410 e. The van der Waals surface area contributed by atoms with Gasteiger partial charge in [0.15, 0.2) is 0 Å². The summed E-state index contributed by atoms with van der Waals surface area (Å²) in [6.45, 7) is 3.90. The van der Waals surface area contributed by atoms with Gasteiger partial charge in [0.25, 0.3) is 0 Å². The summed E-state index contributed by atoms with van der Waals surface area (Å²) in [6, 6.07) is 7.54. The number of carbonyl (C=O) groups is 1. The summed E-state index contributed by atoms with van der Waals surface area (Å²) in [6.07, 6.45) is -0.385. The Morgan fingerprint density at radius 2 is 2.00 bits per heavy atom. The van der Waals surface area contributed by atoms with Gasteiger partial charge in [-0.3, -0.25) is 0 Å². The first-order valence-electron chi connectivity index (χ1n) is 4.19. The molecule has 2 rings (SSSR count). The fourth-order valence-corrected chi connectivity index (χ4v) is 1.52. The molecule has 0 aliphatic carbocycles. The summed E-state index contributed by atoms with van der Waals surface area (Å²) in [5.41, 5.74) is 0.668. The van der Waals surface area contributed by atoms with Gasteiger partial charge in [0.1, 0.15) is 5.75 Å². The molecule has 0 spiro atoms. The predicted molar refractivity (Wildman–Crippen MR) is 48.6 cm³/mol. The number of ether oxygens (including phenoxy) is 1. The molecule has 0 unspecified atom stereocenters. The van der Waals surface area contributed by atoms with Crippen LogP contribution in [0.25, 0.3) is 0 Å². The van der Waals surface area contributed by atoms with E-state index in [0.29, 0.717) is 5.75 Å². The van der Waals surface area contributed by atoms with Crippen molar-refractivity contribution in [2.75, 3.05) is 0 Å². The van der Waals surface area contributed by atoms with Crippen LogP contribution in [0.4, 0.5) is 4.79 Å². The molecule has 0 bridgehead atoms. The molecule has 1 amide bonds. The van der Waals surface area contributed by atoms with Crippen molar-refractivity contribution >= 4 is 6.09 Å². The van der Waals surface area contributed by atoms with Gasteiger partial charge in [0.2, 0.25) is 0 Å². The molecule has 0 fully saturated rings. The Morgan fingerprint density at radius 3 is 2.77 bits per heavy atom. The van der Waals surface area contributed by atoms with Gasteiger partial charge in [-0.05, 0) is 19.9 Å². The van der Waals surface area contributed by atoms with E-state index in [1.807, 2.05) is 32.0 Å². The van der Waals surface area contributed by atoms with Crippen molar-refractivity contribution in [3.8, 4) is 5.75 Å². The molecule has 13 heavy (non-hydrogen) atoms. The summed E-state index contributed by atoms with van der Waals surface area (Å²) in [5.74, 6) is 0.649. The zero-order valence-electron chi connectivity index (χ0n) is 7.63. The maximum Gasteiger partial charge on any atom is 0.413 e. The van der Waals surface area contributed by atoms with Gasteiger partial charge in [-0.25, -0.2) is 4.79 Å². The number of benzene rings is 1. The van der Waals surface area contributed by atoms with E-state index in [4.69, 9.17) is 4.74 Å². The molecule has 0 atom stereocenters. The Hall–Kier alpha value is -1.51. The number of amides is 1. The third-order valence-electron chi connectivity index (χ3n) is 2.18. The second-order valence-corrected chi connectivity index (χ2v) is 3.64. The number of nitrogens with one attached hydrogen (secondary N) is 1. The summed E-state index contributed by atoms with van der Waals surface area (Å²) >= 11 is 0. The molecular formula is C10H11NO2. The van der Waals surface area contributed by atoms with Gasteiger partial charge in [0.05, 0.1) is 5.54 Å². The first-order valence-corrected chi connectivity index (χ1v) is 4.19. The van der Waals surface area contributed by atoms with Crippen LogP contribution < -0.4 is 10.1 Å². The highest BCUT2D eigenvalue weighted by atomic mass is 16.6. The summed E-state index contributed by atoms with van der Waals surface area (Å²) < 4.78 is 5.02. The van der Waals surface area contributed by atoms with Crippen molar-refractivity contribution in [2.45, 2.75) is 19.4 Å². The Kier molecular flexibility index (Phi) is 1.55. The van der Waals surface area contributed by atoms with Crippen LogP contribution in [-0.2, 0) is 5.54 Å². The SMILES string of the molecule is CC1(C)NC(=O)Oc2ccccc21. The number of rotatable bonds is 0. The number of hydrogen-bond acceptors (Lipinski definition) is 2. The fourth-order valence-electron chi connectivity index (χ4n) is 1.52. The van der Waals surface area contributed by atoms with E-state index in [1.165, 1.54) is 0 Å².